The van der Waals surface area contributed by atoms with Gasteiger partial charge in [0, 0.05) is 18.2 Å². The van der Waals surface area contributed by atoms with Gasteiger partial charge in [-0.15, -0.1) is 0 Å². The number of benzene rings is 5. The fourth-order valence-corrected chi connectivity index (χ4v) is 4.83. The standard InChI is InChI=1S/C40H35BrF2N4O6/c1-3-5-21-50-36-19-15-30(23-34(36)42)46-44-28-11-7-26(8-12-28)39(48)52-32-17-18-33(41)38(25-32)53-40(49)27-9-13-29(14-10-27)45-47-31-16-20-37(35(43)24-31)51-22-6-4-2/h7-20,23-25H,3-6,21-22H2,1-2H3. The summed E-state index contributed by atoms with van der Waals surface area (Å²) >= 11 is 3.36. The van der Waals surface area contributed by atoms with Crippen LogP contribution < -0.4 is 18.9 Å². The highest BCUT2D eigenvalue weighted by atomic mass is 79.9. The molecule has 0 spiro atoms. The Labute approximate surface area is 313 Å². The second-order valence-electron chi connectivity index (χ2n) is 11.5. The third-order valence-corrected chi connectivity index (χ3v) is 8.08. The molecule has 10 nitrogen and oxygen atoms in total. The molecule has 53 heavy (non-hydrogen) atoms. The molecule has 0 aromatic heterocycles. The summed E-state index contributed by atoms with van der Waals surface area (Å²) in [6.07, 6.45) is 3.55. The number of unbranched alkanes of at least 4 members (excludes halogenated alkanes) is 2. The fourth-order valence-electron chi connectivity index (χ4n) is 4.50. The van der Waals surface area contributed by atoms with Crippen LogP contribution in [-0.2, 0) is 0 Å². The van der Waals surface area contributed by atoms with E-state index in [4.69, 9.17) is 18.9 Å². The smallest absolute Gasteiger partial charge is 0.343 e. The highest BCUT2D eigenvalue weighted by Gasteiger charge is 2.15. The van der Waals surface area contributed by atoms with Crippen molar-refractivity contribution in [1.29, 1.82) is 0 Å². The minimum absolute atomic E-state index is 0.126. The number of rotatable bonds is 16. The predicted octanol–water partition coefficient (Wildman–Crippen LogP) is 12.4. The zero-order valence-corrected chi connectivity index (χ0v) is 30.5. The lowest BCUT2D eigenvalue weighted by Crippen LogP contribution is -2.10. The number of halogens is 3. The van der Waals surface area contributed by atoms with Crippen LogP contribution in [0.25, 0.3) is 0 Å². The van der Waals surface area contributed by atoms with E-state index in [1.54, 1.807) is 48.5 Å². The maximum Gasteiger partial charge on any atom is 0.343 e. The topological polar surface area (TPSA) is 121 Å². The highest BCUT2D eigenvalue weighted by Crippen LogP contribution is 2.32. The lowest BCUT2D eigenvalue weighted by Gasteiger charge is -2.10. The van der Waals surface area contributed by atoms with E-state index >= 15 is 0 Å². The molecular formula is C40H35BrF2N4O6. The van der Waals surface area contributed by atoms with Gasteiger partial charge in [-0.3, -0.25) is 0 Å². The second kappa shape index (κ2) is 19.1. The van der Waals surface area contributed by atoms with Crippen molar-refractivity contribution in [3.63, 3.8) is 0 Å². The molecule has 0 radical (unpaired) electrons. The van der Waals surface area contributed by atoms with Crippen LogP contribution in [0.3, 0.4) is 0 Å². The summed E-state index contributed by atoms with van der Waals surface area (Å²) in [5.41, 5.74) is 1.96. The Morgan fingerprint density at radius 1 is 0.547 bits per heavy atom. The van der Waals surface area contributed by atoms with Crippen molar-refractivity contribution in [1.82, 2.24) is 0 Å². The Kier molecular flexibility index (Phi) is 13.9. The van der Waals surface area contributed by atoms with Gasteiger partial charge in [-0.25, -0.2) is 18.4 Å². The molecule has 272 valence electrons. The van der Waals surface area contributed by atoms with Crippen LogP contribution in [0.15, 0.2) is 128 Å². The van der Waals surface area contributed by atoms with E-state index in [2.05, 4.69) is 36.4 Å². The van der Waals surface area contributed by atoms with E-state index < -0.39 is 23.6 Å². The molecule has 5 rings (SSSR count). The molecule has 0 aliphatic rings. The van der Waals surface area contributed by atoms with Gasteiger partial charge < -0.3 is 18.9 Å². The van der Waals surface area contributed by atoms with E-state index in [0.29, 0.717) is 40.4 Å². The SMILES string of the molecule is CCCCOc1ccc(N=Nc2ccc(C(=O)Oc3ccc(Br)c(OC(=O)c4ccc(N=Nc5ccc(OCCCC)c(F)c5)cc4)c3)cc2)cc1F. The zero-order chi connectivity index (χ0) is 37.6. The van der Waals surface area contributed by atoms with Gasteiger partial charge in [0.2, 0.25) is 0 Å². The average Bonchev–Trinajstić information content (AvgIpc) is 3.16. The van der Waals surface area contributed by atoms with Gasteiger partial charge in [-0.2, -0.15) is 20.5 Å². The van der Waals surface area contributed by atoms with E-state index in [1.165, 1.54) is 54.6 Å². The third kappa shape index (κ3) is 11.3. The quantitative estimate of drug-likeness (QED) is 0.0425. The minimum Gasteiger partial charge on any atom is -0.491 e. The van der Waals surface area contributed by atoms with Gasteiger partial charge in [0.25, 0.3) is 0 Å². The van der Waals surface area contributed by atoms with Crippen molar-refractivity contribution in [3.8, 4) is 23.0 Å². The second-order valence-corrected chi connectivity index (χ2v) is 12.4. The monoisotopic (exact) mass is 784 g/mol. The predicted molar refractivity (Wildman–Crippen MR) is 199 cm³/mol. The van der Waals surface area contributed by atoms with E-state index in [9.17, 15) is 18.4 Å². The molecular weight excluding hydrogens is 750 g/mol. The van der Waals surface area contributed by atoms with Gasteiger partial charge in [0.05, 0.1) is 51.6 Å². The maximum atomic E-state index is 14.3. The van der Waals surface area contributed by atoms with Gasteiger partial charge in [0.1, 0.15) is 11.5 Å². The van der Waals surface area contributed by atoms with Crippen LogP contribution in [0.1, 0.15) is 60.2 Å². The first kappa shape index (κ1) is 38.4. The lowest BCUT2D eigenvalue weighted by molar-refractivity contribution is 0.0732. The van der Waals surface area contributed by atoms with Crippen LogP contribution >= 0.6 is 15.9 Å². The molecule has 5 aromatic rings. The van der Waals surface area contributed by atoms with Crippen molar-refractivity contribution in [2.45, 2.75) is 39.5 Å². The van der Waals surface area contributed by atoms with Crippen molar-refractivity contribution >= 4 is 50.6 Å². The average molecular weight is 786 g/mol. The number of nitrogens with zero attached hydrogens (tertiary/aromatic N) is 4. The van der Waals surface area contributed by atoms with Crippen molar-refractivity contribution in [2.24, 2.45) is 20.5 Å². The van der Waals surface area contributed by atoms with Crippen LogP contribution in [0.5, 0.6) is 23.0 Å². The van der Waals surface area contributed by atoms with Crippen molar-refractivity contribution < 1.29 is 37.3 Å². The molecule has 0 unspecified atom stereocenters. The molecule has 0 amide bonds. The molecule has 0 heterocycles. The zero-order valence-electron chi connectivity index (χ0n) is 28.9. The minimum atomic E-state index is -0.665. The Morgan fingerprint density at radius 3 is 1.43 bits per heavy atom. The summed E-state index contributed by atoms with van der Waals surface area (Å²) in [5.74, 6) is -1.78. The van der Waals surface area contributed by atoms with Crippen LogP contribution in [0.2, 0.25) is 0 Å². The first-order chi connectivity index (χ1) is 25.7. The first-order valence-corrected chi connectivity index (χ1v) is 17.6. The number of carbonyl (C=O) groups excluding carboxylic acids is 2. The number of hydrogen-bond donors (Lipinski definition) is 0. The Balaban J connectivity index is 1.15. The normalized spacial score (nSPS) is 11.2. The van der Waals surface area contributed by atoms with Crippen LogP contribution in [0, 0.1) is 11.6 Å². The number of azo groups is 2. The summed E-state index contributed by atoms with van der Waals surface area (Å²) < 4.78 is 51.0. The number of hydrogen-bond acceptors (Lipinski definition) is 10. The molecule has 0 saturated heterocycles. The first-order valence-electron chi connectivity index (χ1n) is 16.8. The summed E-state index contributed by atoms with van der Waals surface area (Å²) in [5, 5.41) is 16.3. The van der Waals surface area contributed by atoms with E-state index in [0.717, 1.165) is 25.7 Å². The summed E-state index contributed by atoms with van der Waals surface area (Å²) in [6.45, 7) is 4.92. The largest absolute Gasteiger partial charge is 0.491 e. The fraction of sp³-hybridized carbons (Fsp3) is 0.200. The Bertz CT molecular complexity index is 2090. The third-order valence-electron chi connectivity index (χ3n) is 7.43. The maximum absolute atomic E-state index is 14.3. The molecule has 0 saturated carbocycles. The van der Waals surface area contributed by atoms with Crippen molar-refractivity contribution in [2.75, 3.05) is 13.2 Å². The summed E-state index contributed by atoms with van der Waals surface area (Å²) in [6, 6.07) is 25.6. The molecule has 0 aliphatic carbocycles. The van der Waals surface area contributed by atoms with Crippen LogP contribution in [0.4, 0.5) is 31.5 Å². The van der Waals surface area contributed by atoms with Crippen LogP contribution in [-0.4, -0.2) is 25.2 Å². The van der Waals surface area contributed by atoms with E-state index in [1.807, 2.05) is 13.8 Å². The number of carbonyl (C=O) groups is 2. The molecule has 13 heteroatoms. The van der Waals surface area contributed by atoms with Crippen molar-refractivity contribution in [3.05, 3.63) is 130 Å². The molecule has 0 fully saturated rings. The van der Waals surface area contributed by atoms with Gasteiger partial charge in [-0.05, 0) is 114 Å². The molecule has 0 atom stereocenters. The number of esters is 2. The van der Waals surface area contributed by atoms with Gasteiger partial charge >= 0.3 is 11.9 Å². The molecule has 5 aromatic carbocycles. The van der Waals surface area contributed by atoms with Gasteiger partial charge in [-0.1, -0.05) is 26.7 Å². The Morgan fingerprint density at radius 2 is 0.981 bits per heavy atom. The molecule has 0 aliphatic heterocycles. The van der Waals surface area contributed by atoms with E-state index in [-0.39, 0.29) is 34.1 Å². The van der Waals surface area contributed by atoms with Gasteiger partial charge in [0.15, 0.2) is 23.1 Å². The molecule has 0 N–H and O–H groups in total. The molecule has 0 bridgehead atoms. The summed E-state index contributed by atoms with van der Waals surface area (Å²) in [4.78, 5) is 25.8. The Hall–Kier alpha value is -5.82. The highest BCUT2D eigenvalue weighted by molar-refractivity contribution is 9.10. The number of ether oxygens (including phenoxy) is 4. The summed E-state index contributed by atoms with van der Waals surface area (Å²) in [7, 11) is 0. The lowest BCUT2D eigenvalue weighted by atomic mass is 10.2.